The lowest BCUT2D eigenvalue weighted by Crippen LogP contribution is -2.16. The molecule has 1 aromatic carbocycles. The fourth-order valence-corrected chi connectivity index (χ4v) is 3.71. The minimum absolute atomic E-state index is 0.0639. The number of hydrogen-bond donors (Lipinski definition) is 1. The molecule has 2 aromatic heterocycles. The summed E-state index contributed by atoms with van der Waals surface area (Å²) in [5.74, 6) is 1.87. The second-order valence-corrected chi connectivity index (χ2v) is 7.77. The van der Waals surface area contributed by atoms with Crippen molar-refractivity contribution < 1.29 is 9.21 Å². The van der Waals surface area contributed by atoms with Gasteiger partial charge in [0.1, 0.15) is 0 Å². The van der Waals surface area contributed by atoms with Gasteiger partial charge in [-0.05, 0) is 43.5 Å². The molecule has 0 unspecified atom stereocenters. The average Bonchev–Trinajstić information content (AvgIpc) is 3.29. The molecule has 1 amide bonds. The van der Waals surface area contributed by atoms with Crippen LogP contribution in [0.25, 0.3) is 11.6 Å². The predicted molar refractivity (Wildman–Crippen MR) is 108 cm³/mol. The summed E-state index contributed by atoms with van der Waals surface area (Å²) in [6, 6.07) is 11.7. The Morgan fingerprint density at radius 1 is 1.15 bits per heavy atom. The van der Waals surface area contributed by atoms with Gasteiger partial charge in [0.25, 0.3) is 0 Å². The third-order valence-corrected chi connectivity index (χ3v) is 5.05. The number of thioether (sulfide) groups is 1. The maximum absolute atomic E-state index is 12.5. The SMILES string of the molecule is CC(C)c1ccccc1NC(=O)CSc1nnc(-c2ccco2)n1C(C)C. The molecule has 0 fully saturated rings. The normalized spacial score (nSPS) is 11.3. The van der Waals surface area contributed by atoms with Crippen LogP contribution in [0.2, 0.25) is 0 Å². The van der Waals surface area contributed by atoms with Crippen LogP contribution in [0.15, 0.2) is 52.2 Å². The molecule has 0 bridgehead atoms. The fraction of sp³-hybridized carbons (Fsp3) is 0.350. The summed E-state index contributed by atoms with van der Waals surface area (Å²) in [4.78, 5) is 12.5. The van der Waals surface area contributed by atoms with E-state index in [2.05, 4.69) is 43.2 Å². The Kier molecular flexibility index (Phi) is 6.01. The van der Waals surface area contributed by atoms with Gasteiger partial charge in [0.15, 0.2) is 10.9 Å². The second-order valence-electron chi connectivity index (χ2n) is 6.83. The van der Waals surface area contributed by atoms with Gasteiger partial charge in [-0.25, -0.2) is 0 Å². The van der Waals surface area contributed by atoms with E-state index < -0.39 is 0 Å². The summed E-state index contributed by atoms with van der Waals surface area (Å²) < 4.78 is 7.44. The van der Waals surface area contributed by atoms with E-state index in [1.54, 1.807) is 6.26 Å². The van der Waals surface area contributed by atoms with Gasteiger partial charge in [0.2, 0.25) is 11.7 Å². The van der Waals surface area contributed by atoms with Gasteiger partial charge < -0.3 is 9.73 Å². The number of para-hydroxylation sites is 1. The van der Waals surface area contributed by atoms with E-state index in [9.17, 15) is 4.79 Å². The molecule has 3 rings (SSSR count). The number of nitrogens with one attached hydrogen (secondary N) is 1. The van der Waals surface area contributed by atoms with Gasteiger partial charge in [0, 0.05) is 11.7 Å². The van der Waals surface area contributed by atoms with Gasteiger partial charge in [-0.2, -0.15) is 0 Å². The molecule has 0 spiro atoms. The minimum atomic E-state index is -0.0639. The molecule has 0 radical (unpaired) electrons. The van der Waals surface area contributed by atoms with Crippen LogP contribution in [0.4, 0.5) is 5.69 Å². The van der Waals surface area contributed by atoms with Crippen molar-refractivity contribution in [2.75, 3.05) is 11.1 Å². The van der Waals surface area contributed by atoms with Crippen LogP contribution in [-0.4, -0.2) is 26.4 Å². The largest absolute Gasteiger partial charge is 0.461 e. The number of anilines is 1. The summed E-state index contributed by atoms with van der Waals surface area (Å²) in [6.07, 6.45) is 1.61. The van der Waals surface area contributed by atoms with E-state index in [1.807, 2.05) is 41.0 Å². The van der Waals surface area contributed by atoms with E-state index in [0.717, 1.165) is 11.3 Å². The molecule has 2 heterocycles. The summed E-state index contributed by atoms with van der Waals surface area (Å²) in [5, 5.41) is 12.2. The van der Waals surface area contributed by atoms with Gasteiger partial charge in [-0.15, -0.1) is 10.2 Å². The molecule has 0 atom stereocenters. The molecule has 142 valence electrons. The lowest BCUT2D eigenvalue weighted by atomic mass is 10.0. The fourth-order valence-electron chi connectivity index (χ4n) is 2.85. The lowest BCUT2D eigenvalue weighted by Gasteiger charge is -2.14. The zero-order valence-corrected chi connectivity index (χ0v) is 16.8. The lowest BCUT2D eigenvalue weighted by molar-refractivity contribution is -0.113. The molecule has 1 N–H and O–H groups in total. The maximum Gasteiger partial charge on any atom is 0.234 e. The average molecular weight is 385 g/mol. The Bertz CT molecular complexity index is 901. The standard InChI is InChI=1S/C20H24N4O2S/c1-13(2)15-8-5-6-9-16(15)21-18(25)12-27-20-23-22-19(24(20)14(3)4)17-10-7-11-26-17/h5-11,13-14H,12H2,1-4H3,(H,21,25). The first-order valence-corrected chi connectivity index (χ1v) is 9.96. The van der Waals surface area contributed by atoms with Crippen molar-refractivity contribution in [1.82, 2.24) is 14.8 Å². The maximum atomic E-state index is 12.5. The van der Waals surface area contributed by atoms with Crippen LogP contribution >= 0.6 is 11.8 Å². The summed E-state index contributed by atoms with van der Waals surface area (Å²) in [6.45, 7) is 8.33. The van der Waals surface area contributed by atoms with E-state index in [1.165, 1.54) is 11.8 Å². The van der Waals surface area contributed by atoms with Crippen molar-refractivity contribution >= 4 is 23.4 Å². The quantitative estimate of drug-likeness (QED) is 0.582. The van der Waals surface area contributed by atoms with E-state index in [0.29, 0.717) is 22.7 Å². The number of hydrogen-bond acceptors (Lipinski definition) is 5. The number of amides is 1. The Morgan fingerprint density at radius 3 is 2.59 bits per heavy atom. The van der Waals surface area contributed by atoms with E-state index >= 15 is 0 Å². The molecule has 0 aliphatic heterocycles. The Hall–Kier alpha value is -2.54. The molecule has 0 aliphatic rings. The van der Waals surface area contributed by atoms with Crippen LogP contribution in [0.1, 0.15) is 45.2 Å². The molecule has 0 aliphatic carbocycles. The number of nitrogens with zero attached hydrogens (tertiary/aromatic N) is 3. The van der Waals surface area contributed by atoms with Gasteiger partial charge >= 0.3 is 0 Å². The Balaban J connectivity index is 1.71. The number of rotatable bonds is 7. The first-order valence-electron chi connectivity index (χ1n) is 8.97. The zero-order valence-electron chi connectivity index (χ0n) is 16.0. The van der Waals surface area contributed by atoms with Crippen molar-refractivity contribution in [2.24, 2.45) is 0 Å². The van der Waals surface area contributed by atoms with Crippen molar-refractivity contribution in [3.8, 4) is 11.6 Å². The van der Waals surface area contributed by atoms with Crippen LogP contribution in [0.5, 0.6) is 0 Å². The molecule has 7 heteroatoms. The molecular formula is C20H24N4O2S. The molecule has 6 nitrogen and oxygen atoms in total. The zero-order chi connectivity index (χ0) is 19.4. The summed E-state index contributed by atoms with van der Waals surface area (Å²) in [5.41, 5.74) is 1.99. The highest BCUT2D eigenvalue weighted by Crippen LogP contribution is 2.28. The third-order valence-electron chi connectivity index (χ3n) is 4.11. The summed E-state index contributed by atoms with van der Waals surface area (Å²) >= 11 is 1.37. The number of furan rings is 1. The highest BCUT2D eigenvalue weighted by Gasteiger charge is 2.19. The molecule has 3 aromatic rings. The highest BCUT2D eigenvalue weighted by molar-refractivity contribution is 7.99. The van der Waals surface area contributed by atoms with Crippen molar-refractivity contribution in [3.63, 3.8) is 0 Å². The van der Waals surface area contributed by atoms with Crippen LogP contribution in [0.3, 0.4) is 0 Å². The first kappa shape index (κ1) is 19.2. The first-order chi connectivity index (χ1) is 13.0. The number of carbonyl (C=O) groups excluding carboxylic acids is 1. The second kappa shape index (κ2) is 8.43. The predicted octanol–water partition coefficient (Wildman–Crippen LogP) is 4.97. The third kappa shape index (κ3) is 4.42. The van der Waals surface area contributed by atoms with Crippen molar-refractivity contribution in [2.45, 2.75) is 44.8 Å². The highest BCUT2D eigenvalue weighted by atomic mass is 32.2. The Morgan fingerprint density at radius 2 is 1.93 bits per heavy atom. The van der Waals surface area contributed by atoms with E-state index in [4.69, 9.17) is 4.42 Å². The minimum Gasteiger partial charge on any atom is -0.461 e. The van der Waals surface area contributed by atoms with Crippen molar-refractivity contribution in [1.29, 1.82) is 0 Å². The molecule has 0 saturated carbocycles. The monoisotopic (exact) mass is 384 g/mol. The smallest absolute Gasteiger partial charge is 0.234 e. The molecule has 0 saturated heterocycles. The van der Waals surface area contributed by atoms with Crippen LogP contribution in [-0.2, 0) is 4.79 Å². The number of benzene rings is 1. The van der Waals surface area contributed by atoms with E-state index in [-0.39, 0.29) is 17.7 Å². The number of carbonyl (C=O) groups is 1. The van der Waals surface area contributed by atoms with Crippen LogP contribution in [0, 0.1) is 0 Å². The van der Waals surface area contributed by atoms with Crippen LogP contribution < -0.4 is 5.32 Å². The van der Waals surface area contributed by atoms with Gasteiger partial charge in [-0.1, -0.05) is 43.8 Å². The van der Waals surface area contributed by atoms with Crippen molar-refractivity contribution in [3.05, 3.63) is 48.2 Å². The number of aromatic nitrogens is 3. The Labute approximate surface area is 163 Å². The molecule has 27 heavy (non-hydrogen) atoms. The van der Waals surface area contributed by atoms with Gasteiger partial charge in [-0.3, -0.25) is 9.36 Å². The topological polar surface area (TPSA) is 73.0 Å². The van der Waals surface area contributed by atoms with Gasteiger partial charge in [0.05, 0.1) is 12.0 Å². The summed E-state index contributed by atoms with van der Waals surface area (Å²) in [7, 11) is 0. The molecular weight excluding hydrogens is 360 g/mol.